The highest BCUT2D eigenvalue weighted by Gasteiger charge is 2.27. The molecule has 1 aliphatic heterocycles. The molecule has 1 aliphatic rings. The van der Waals surface area contributed by atoms with Gasteiger partial charge in [0.1, 0.15) is 5.75 Å². The van der Waals surface area contributed by atoms with Crippen molar-refractivity contribution in [2.75, 3.05) is 25.5 Å². The van der Waals surface area contributed by atoms with Crippen molar-refractivity contribution in [1.82, 2.24) is 4.90 Å². The predicted octanol–water partition coefficient (Wildman–Crippen LogP) is 2.52. The quantitative estimate of drug-likeness (QED) is 0.693. The Morgan fingerprint density at radius 2 is 1.81 bits per heavy atom. The average molecular weight is 362 g/mol. The topological polar surface area (TPSA) is 95.9 Å². The van der Waals surface area contributed by atoms with E-state index < -0.39 is 5.97 Å². The lowest BCUT2D eigenvalue weighted by Gasteiger charge is -2.31. The summed E-state index contributed by atoms with van der Waals surface area (Å²) in [5.41, 5.74) is 0.650. The van der Waals surface area contributed by atoms with Gasteiger partial charge < -0.3 is 20.1 Å². The number of carbonyl (C=O) groups excluding carboxylic acids is 2. The van der Waals surface area contributed by atoms with Gasteiger partial charge in [-0.05, 0) is 37.8 Å². The van der Waals surface area contributed by atoms with Gasteiger partial charge >= 0.3 is 5.97 Å². The van der Waals surface area contributed by atoms with Crippen LogP contribution >= 0.6 is 0 Å². The molecular formula is C19H26N2O5. The molecule has 0 unspecified atom stereocenters. The van der Waals surface area contributed by atoms with E-state index in [1.165, 1.54) is 0 Å². The van der Waals surface area contributed by atoms with Crippen LogP contribution in [0.15, 0.2) is 24.3 Å². The average Bonchev–Trinajstić information content (AvgIpc) is 2.65. The number of piperidine rings is 1. The number of unbranched alkanes of at least 4 members (excludes halogenated alkanes) is 1. The normalized spacial score (nSPS) is 14.7. The molecule has 26 heavy (non-hydrogen) atoms. The lowest BCUT2D eigenvalue weighted by molar-refractivity contribution is -0.138. The second-order valence-electron chi connectivity index (χ2n) is 6.45. The molecular weight excluding hydrogens is 336 g/mol. The van der Waals surface area contributed by atoms with Crippen molar-refractivity contribution < 1.29 is 24.2 Å². The van der Waals surface area contributed by atoms with Crippen molar-refractivity contribution in [3.8, 4) is 5.75 Å². The molecule has 0 spiro atoms. The van der Waals surface area contributed by atoms with Gasteiger partial charge in [0.15, 0.2) is 0 Å². The molecule has 7 heteroatoms. The van der Waals surface area contributed by atoms with Crippen LogP contribution in [0.5, 0.6) is 5.75 Å². The number of benzene rings is 1. The van der Waals surface area contributed by atoms with Crippen LogP contribution in [0.4, 0.5) is 5.69 Å². The monoisotopic (exact) mass is 362 g/mol. The van der Waals surface area contributed by atoms with Crippen LogP contribution < -0.4 is 10.1 Å². The number of methoxy groups -OCH3 is 1. The summed E-state index contributed by atoms with van der Waals surface area (Å²) < 4.78 is 5.24. The van der Waals surface area contributed by atoms with Gasteiger partial charge in [0.05, 0.1) is 12.8 Å². The lowest BCUT2D eigenvalue weighted by atomic mass is 9.95. The second-order valence-corrected chi connectivity index (χ2v) is 6.45. The predicted molar refractivity (Wildman–Crippen MR) is 97.0 cm³/mol. The van der Waals surface area contributed by atoms with Crippen molar-refractivity contribution in [1.29, 1.82) is 0 Å². The number of hydrogen-bond acceptors (Lipinski definition) is 4. The summed E-state index contributed by atoms with van der Waals surface area (Å²) in [5, 5.41) is 11.5. The molecule has 0 bridgehead atoms. The minimum Gasteiger partial charge on any atom is -0.495 e. The van der Waals surface area contributed by atoms with Crippen LogP contribution in [0.25, 0.3) is 0 Å². The Kier molecular flexibility index (Phi) is 7.44. The molecule has 0 aliphatic carbocycles. The summed E-state index contributed by atoms with van der Waals surface area (Å²) >= 11 is 0. The maximum Gasteiger partial charge on any atom is 0.303 e. The molecule has 1 aromatic carbocycles. The molecule has 2 amide bonds. The summed E-state index contributed by atoms with van der Waals surface area (Å²) in [5.74, 6) is -0.354. The number of nitrogens with one attached hydrogen (secondary N) is 1. The van der Waals surface area contributed by atoms with Crippen LogP contribution in [0.3, 0.4) is 0 Å². The smallest absolute Gasteiger partial charge is 0.303 e. The number of carbonyl (C=O) groups is 3. The standard InChI is InChI=1S/C19H26N2O5/c1-26-16-7-3-2-6-15(16)20-19(25)14-10-12-21(13-11-14)17(22)8-4-5-9-18(23)24/h2-3,6-7,14H,4-5,8-13H2,1H3,(H,20,25)(H,23,24). The van der Waals surface area contributed by atoms with E-state index in [0.717, 1.165) is 0 Å². The summed E-state index contributed by atoms with van der Waals surface area (Å²) in [6, 6.07) is 7.27. The number of carboxylic acid groups (broad SMARTS) is 1. The van der Waals surface area contributed by atoms with Crippen LogP contribution in [0, 0.1) is 5.92 Å². The Labute approximate surface area is 153 Å². The molecule has 2 N–H and O–H groups in total. The molecule has 1 aromatic rings. The second kappa shape index (κ2) is 9.79. The fraction of sp³-hybridized carbons (Fsp3) is 0.526. The van der Waals surface area contributed by atoms with Crippen molar-refractivity contribution >= 4 is 23.5 Å². The molecule has 0 aromatic heterocycles. The summed E-state index contributed by atoms with van der Waals surface area (Å²) in [6.45, 7) is 1.11. The van der Waals surface area contributed by atoms with E-state index in [0.29, 0.717) is 56.6 Å². The van der Waals surface area contributed by atoms with Crippen LogP contribution in [-0.4, -0.2) is 48.0 Å². The zero-order chi connectivity index (χ0) is 18.9. The largest absolute Gasteiger partial charge is 0.495 e. The number of anilines is 1. The summed E-state index contributed by atoms with van der Waals surface area (Å²) in [6.07, 6.45) is 2.81. The minimum absolute atomic E-state index is 0.0407. The van der Waals surface area contributed by atoms with E-state index in [1.54, 1.807) is 24.1 Å². The van der Waals surface area contributed by atoms with Crippen LogP contribution in [0.2, 0.25) is 0 Å². The Hall–Kier alpha value is -2.57. The highest BCUT2D eigenvalue weighted by atomic mass is 16.5. The number of ether oxygens (including phenoxy) is 1. The SMILES string of the molecule is COc1ccccc1NC(=O)C1CCN(C(=O)CCCCC(=O)O)CC1. The third-order valence-corrected chi connectivity index (χ3v) is 4.61. The Bertz CT molecular complexity index is 639. The van der Waals surface area contributed by atoms with E-state index >= 15 is 0 Å². The number of amides is 2. The Balaban J connectivity index is 1.76. The first-order valence-electron chi connectivity index (χ1n) is 8.94. The maximum absolute atomic E-state index is 12.5. The first kappa shape index (κ1) is 19.8. The zero-order valence-corrected chi connectivity index (χ0v) is 15.1. The number of carboxylic acids is 1. The highest BCUT2D eigenvalue weighted by molar-refractivity contribution is 5.94. The number of nitrogens with zero attached hydrogens (tertiary/aromatic N) is 1. The molecule has 2 rings (SSSR count). The third kappa shape index (κ3) is 5.75. The zero-order valence-electron chi connectivity index (χ0n) is 15.1. The minimum atomic E-state index is -0.834. The highest BCUT2D eigenvalue weighted by Crippen LogP contribution is 2.26. The lowest BCUT2D eigenvalue weighted by Crippen LogP contribution is -2.41. The maximum atomic E-state index is 12.5. The van der Waals surface area contributed by atoms with Crippen molar-refractivity contribution in [2.24, 2.45) is 5.92 Å². The van der Waals surface area contributed by atoms with Crippen LogP contribution in [0.1, 0.15) is 38.5 Å². The summed E-state index contributed by atoms with van der Waals surface area (Å²) in [4.78, 5) is 36.9. The van der Waals surface area contributed by atoms with Crippen molar-refractivity contribution in [2.45, 2.75) is 38.5 Å². The van der Waals surface area contributed by atoms with Gasteiger partial charge in [0, 0.05) is 31.8 Å². The number of rotatable bonds is 8. The number of aliphatic carboxylic acids is 1. The molecule has 0 radical (unpaired) electrons. The van der Waals surface area contributed by atoms with Crippen molar-refractivity contribution in [3.05, 3.63) is 24.3 Å². The number of likely N-dealkylation sites (tertiary alicyclic amines) is 1. The van der Waals surface area contributed by atoms with Gasteiger partial charge in [-0.25, -0.2) is 0 Å². The van der Waals surface area contributed by atoms with E-state index in [9.17, 15) is 14.4 Å². The molecule has 1 fully saturated rings. The number of para-hydroxylation sites is 2. The first-order valence-corrected chi connectivity index (χ1v) is 8.94. The van der Waals surface area contributed by atoms with Gasteiger partial charge in [-0.2, -0.15) is 0 Å². The van der Waals surface area contributed by atoms with E-state index in [1.807, 2.05) is 12.1 Å². The van der Waals surface area contributed by atoms with Crippen molar-refractivity contribution in [3.63, 3.8) is 0 Å². The fourth-order valence-corrected chi connectivity index (χ4v) is 3.08. The van der Waals surface area contributed by atoms with Gasteiger partial charge in [-0.1, -0.05) is 12.1 Å². The molecule has 1 saturated heterocycles. The van der Waals surface area contributed by atoms with E-state index in [-0.39, 0.29) is 24.2 Å². The van der Waals surface area contributed by atoms with Gasteiger partial charge in [0.2, 0.25) is 11.8 Å². The summed E-state index contributed by atoms with van der Waals surface area (Å²) in [7, 11) is 1.56. The fourth-order valence-electron chi connectivity index (χ4n) is 3.08. The molecule has 142 valence electrons. The van der Waals surface area contributed by atoms with Gasteiger partial charge in [-0.15, -0.1) is 0 Å². The third-order valence-electron chi connectivity index (χ3n) is 4.61. The molecule has 7 nitrogen and oxygen atoms in total. The van der Waals surface area contributed by atoms with Gasteiger partial charge in [0.25, 0.3) is 0 Å². The number of hydrogen-bond donors (Lipinski definition) is 2. The Morgan fingerprint density at radius 1 is 1.15 bits per heavy atom. The molecule has 0 saturated carbocycles. The van der Waals surface area contributed by atoms with E-state index in [4.69, 9.17) is 9.84 Å². The van der Waals surface area contributed by atoms with Crippen LogP contribution in [-0.2, 0) is 14.4 Å². The first-order chi connectivity index (χ1) is 12.5. The molecule has 1 heterocycles. The van der Waals surface area contributed by atoms with Gasteiger partial charge in [-0.3, -0.25) is 14.4 Å². The van der Waals surface area contributed by atoms with E-state index in [2.05, 4.69) is 5.32 Å². The molecule has 0 atom stereocenters. The Morgan fingerprint density at radius 3 is 2.46 bits per heavy atom.